The highest BCUT2D eigenvalue weighted by Gasteiger charge is 2.31. The first-order valence-corrected chi connectivity index (χ1v) is 20.1. The zero-order valence-electron chi connectivity index (χ0n) is 33.1. The molecule has 6 aromatic rings. The Morgan fingerprint density at radius 2 is 1.44 bits per heavy atom. The molecule has 15 nitrogen and oxygen atoms in total. The summed E-state index contributed by atoms with van der Waals surface area (Å²) >= 11 is 1.63. The van der Waals surface area contributed by atoms with E-state index in [9.17, 15) is 14.0 Å². The second-order valence-electron chi connectivity index (χ2n) is 14.0. The first-order chi connectivity index (χ1) is 29.0. The van der Waals surface area contributed by atoms with Gasteiger partial charge < -0.3 is 44.7 Å². The maximum Gasteiger partial charge on any atom is 0.488 e. The van der Waals surface area contributed by atoms with Crippen LogP contribution in [0.25, 0.3) is 22.2 Å². The number of amides is 2. The summed E-state index contributed by atoms with van der Waals surface area (Å²) in [4.78, 5) is 36.7. The van der Waals surface area contributed by atoms with Gasteiger partial charge in [-0.25, -0.2) is 9.37 Å². The van der Waals surface area contributed by atoms with Crippen molar-refractivity contribution in [2.24, 2.45) is 5.92 Å². The molecule has 8 rings (SSSR count). The number of fused-ring (bicyclic) bond motifs is 1. The van der Waals surface area contributed by atoms with Crippen molar-refractivity contribution in [2.75, 3.05) is 70.2 Å². The van der Waals surface area contributed by atoms with Crippen LogP contribution >= 0.6 is 11.3 Å². The third-order valence-corrected chi connectivity index (χ3v) is 10.9. The minimum absolute atomic E-state index is 0. The normalized spacial score (nSPS) is 14.5. The van der Waals surface area contributed by atoms with Crippen LogP contribution in [0, 0.1) is 11.7 Å². The Morgan fingerprint density at radius 3 is 2.00 bits per heavy atom. The van der Waals surface area contributed by atoms with Gasteiger partial charge in [0.05, 0.1) is 37.9 Å². The number of aromatic amines is 1. The Balaban J connectivity index is 0.000000302. The predicted octanol–water partition coefficient (Wildman–Crippen LogP) is 3.46. The Hall–Kier alpha value is -5.82. The Labute approximate surface area is 366 Å². The number of halogens is 1. The molecule has 1 atom stereocenters. The van der Waals surface area contributed by atoms with E-state index in [1.807, 2.05) is 58.9 Å². The number of anilines is 2. The van der Waals surface area contributed by atoms with Gasteiger partial charge in [-0.05, 0) is 90.6 Å². The zero-order chi connectivity index (χ0) is 42.6. The lowest BCUT2D eigenvalue weighted by molar-refractivity contribution is -0.132. The summed E-state index contributed by atoms with van der Waals surface area (Å²) < 4.78 is 22.3. The highest BCUT2D eigenvalue weighted by atomic mass is 32.1. The van der Waals surface area contributed by atoms with Gasteiger partial charge in [-0.2, -0.15) is 5.10 Å². The van der Waals surface area contributed by atoms with Gasteiger partial charge in [0.1, 0.15) is 17.3 Å². The third-order valence-electron chi connectivity index (χ3n) is 10.1. The van der Waals surface area contributed by atoms with Crippen molar-refractivity contribution in [1.82, 2.24) is 25.0 Å². The number of carbonyl (C=O) groups excluding carboxylic acids is 2. The molecule has 0 radical (unpaired) electrons. The third kappa shape index (κ3) is 13.1. The molecular weight excluding hydrogens is 815 g/mol. The summed E-state index contributed by atoms with van der Waals surface area (Å²) in [6, 6.07) is 25.1. The van der Waals surface area contributed by atoms with E-state index in [0.29, 0.717) is 42.9 Å². The Kier molecular flexibility index (Phi) is 18.4. The maximum absolute atomic E-state index is 13.1. The van der Waals surface area contributed by atoms with Gasteiger partial charge in [0, 0.05) is 60.9 Å². The quantitative estimate of drug-likeness (QED) is 0.110. The maximum atomic E-state index is 13.1. The van der Waals surface area contributed by atoms with E-state index < -0.39 is 14.2 Å². The lowest BCUT2D eigenvalue weighted by atomic mass is 9.80. The number of benzene rings is 4. The van der Waals surface area contributed by atoms with Crippen molar-refractivity contribution in [1.29, 1.82) is 0 Å². The topological polar surface area (TPSA) is 197 Å². The van der Waals surface area contributed by atoms with E-state index in [4.69, 9.17) is 29.6 Å². The largest absolute Gasteiger partial charge is 0.497 e. The number of rotatable bonds is 10. The SMILES string of the molecule is C.C.COc1ccc(-c2n[nH]c3ccc(NC(=O)[C@@H]4CCN(CC(=O)N5CCN(c6nccs6)CC5)C4)cc23)cc1.COc1ccc(B(O)O)cc1.OB(O)c1ccc(F)cc1. The molecule has 0 saturated carbocycles. The minimum atomic E-state index is -1.51. The van der Waals surface area contributed by atoms with Crippen molar-refractivity contribution >= 4 is 70.0 Å². The van der Waals surface area contributed by atoms with E-state index in [1.165, 1.54) is 24.3 Å². The zero-order valence-corrected chi connectivity index (χ0v) is 34.0. The highest BCUT2D eigenvalue weighted by Crippen LogP contribution is 2.30. The molecule has 0 unspecified atom stereocenters. The highest BCUT2D eigenvalue weighted by molar-refractivity contribution is 7.13. The molecule has 2 aromatic heterocycles. The number of thiazole rings is 1. The van der Waals surface area contributed by atoms with E-state index in [2.05, 4.69) is 30.3 Å². The smallest absolute Gasteiger partial charge is 0.488 e. The molecule has 0 bridgehead atoms. The second-order valence-corrected chi connectivity index (χ2v) is 14.9. The van der Waals surface area contributed by atoms with Crippen LogP contribution in [0.1, 0.15) is 21.3 Å². The number of carbonyl (C=O) groups is 2. The standard InChI is InChI=1S/C28H31N7O3S.C7H9BO3.C6H6BFO2.2CH4/c1-38-22-5-2-19(3-6-22)26-23-16-21(4-7-24(23)31-32-26)30-27(37)20-8-10-33(17-20)18-25(36)34-11-13-35(14-12-34)28-29-9-15-39-28;1-11-7-4-2-6(3-5-7)8(9)10;8-6-3-1-5(2-4-6)7(9)10;;/h2-7,9,15-16,20H,8,10-14,17-18H2,1H3,(H,30,37)(H,31,32);2-5,9-10H,1H3;1-4,9-10H;2*1H4/t20-;;;;/m1..../s1. The molecule has 0 spiro atoms. The number of ether oxygens (including phenoxy) is 2. The monoisotopic (exact) mass is 869 g/mol. The lowest BCUT2D eigenvalue weighted by Gasteiger charge is -2.35. The molecule has 2 saturated heterocycles. The van der Waals surface area contributed by atoms with Crippen LogP contribution in [0.3, 0.4) is 0 Å². The number of piperazine rings is 1. The molecule has 62 heavy (non-hydrogen) atoms. The number of nitrogens with zero attached hydrogens (tertiary/aromatic N) is 5. The van der Waals surface area contributed by atoms with Crippen LogP contribution in [0.15, 0.2) is 103 Å². The lowest BCUT2D eigenvalue weighted by Crippen LogP contribution is -2.51. The van der Waals surface area contributed by atoms with E-state index >= 15 is 0 Å². The summed E-state index contributed by atoms with van der Waals surface area (Å²) in [6.07, 6.45) is 2.55. The van der Waals surface area contributed by atoms with Crippen LogP contribution in [-0.4, -0.2) is 131 Å². The summed E-state index contributed by atoms with van der Waals surface area (Å²) in [5.41, 5.74) is 4.17. The summed E-state index contributed by atoms with van der Waals surface area (Å²) in [5.74, 6) is 1.06. The molecule has 2 aliphatic rings. The van der Waals surface area contributed by atoms with Gasteiger partial charge in [-0.15, -0.1) is 11.3 Å². The first kappa shape index (κ1) is 48.8. The minimum Gasteiger partial charge on any atom is -0.497 e. The predicted molar refractivity (Wildman–Crippen MR) is 245 cm³/mol. The Bertz CT molecular complexity index is 2280. The van der Waals surface area contributed by atoms with Crippen LogP contribution in [0.5, 0.6) is 11.5 Å². The van der Waals surface area contributed by atoms with Crippen LogP contribution < -0.4 is 30.6 Å². The fourth-order valence-corrected chi connectivity index (χ4v) is 7.41. The average molecular weight is 870 g/mol. The fourth-order valence-electron chi connectivity index (χ4n) is 6.72. The van der Waals surface area contributed by atoms with Crippen molar-refractivity contribution in [3.63, 3.8) is 0 Å². The van der Waals surface area contributed by atoms with Gasteiger partial charge in [-0.3, -0.25) is 19.6 Å². The Morgan fingerprint density at radius 1 is 0.839 bits per heavy atom. The van der Waals surface area contributed by atoms with Gasteiger partial charge in [0.15, 0.2) is 5.13 Å². The van der Waals surface area contributed by atoms with Crippen LogP contribution in [-0.2, 0) is 9.59 Å². The van der Waals surface area contributed by atoms with E-state index in [0.717, 1.165) is 64.8 Å². The van der Waals surface area contributed by atoms with Crippen molar-refractivity contribution in [3.8, 4) is 22.8 Å². The molecule has 2 fully saturated rings. The van der Waals surface area contributed by atoms with Crippen LogP contribution in [0.4, 0.5) is 15.2 Å². The number of hydrogen-bond acceptors (Lipinski definition) is 13. The number of H-pyrrole nitrogens is 1. The molecule has 4 heterocycles. The molecule has 19 heteroatoms. The van der Waals surface area contributed by atoms with Gasteiger partial charge in [0.25, 0.3) is 0 Å². The van der Waals surface area contributed by atoms with E-state index in [1.54, 1.807) is 49.8 Å². The molecular formula is C43H54B2FN7O8S. The van der Waals surface area contributed by atoms with E-state index in [-0.39, 0.29) is 38.4 Å². The molecule has 4 aromatic carbocycles. The second kappa shape index (κ2) is 23.4. The van der Waals surface area contributed by atoms with Crippen molar-refractivity contribution in [2.45, 2.75) is 21.3 Å². The van der Waals surface area contributed by atoms with Crippen LogP contribution in [0.2, 0.25) is 0 Å². The molecule has 2 amide bonds. The summed E-state index contributed by atoms with van der Waals surface area (Å²) in [7, 11) is 0.286. The number of nitrogens with one attached hydrogen (secondary N) is 2. The van der Waals surface area contributed by atoms with Gasteiger partial charge in [0.2, 0.25) is 11.8 Å². The molecule has 0 aliphatic carbocycles. The summed E-state index contributed by atoms with van der Waals surface area (Å²) in [6.45, 7) is 4.67. The number of methoxy groups -OCH3 is 2. The molecule has 328 valence electrons. The first-order valence-electron chi connectivity index (χ1n) is 19.2. The van der Waals surface area contributed by atoms with Gasteiger partial charge >= 0.3 is 14.2 Å². The molecule has 2 aliphatic heterocycles. The molecule has 6 N–H and O–H groups in total. The number of aromatic nitrogens is 3. The fraction of sp³-hybridized carbons (Fsp3) is 0.302. The average Bonchev–Trinajstić information content (AvgIpc) is 4.07. The summed E-state index contributed by atoms with van der Waals surface area (Å²) in [5, 5.41) is 49.1. The number of hydrogen-bond donors (Lipinski definition) is 6. The number of likely N-dealkylation sites (tertiary alicyclic amines) is 1. The van der Waals surface area contributed by atoms with Crippen molar-refractivity contribution in [3.05, 3.63) is 108 Å². The van der Waals surface area contributed by atoms with Crippen molar-refractivity contribution < 1.29 is 43.5 Å². The van der Waals surface area contributed by atoms with Gasteiger partial charge in [-0.1, -0.05) is 39.1 Å².